The highest BCUT2D eigenvalue weighted by atomic mass is 16.6. The molecule has 0 heterocycles. The third-order valence-electron chi connectivity index (χ3n) is 27.5. The summed E-state index contributed by atoms with van der Waals surface area (Å²) in [7, 11) is 0. The molecule has 0 N–H and O–H groups in total. The monoisotopic (exact) mass is 1400 g/mol. The van der Waals surface area contributed by atoms with Crippen LogP contribution in [0.3, 0.4) is 0 Å². The molecule has 0 aliphatic heterocycles. The second-order valence-electron chi connectivity index (χ2n) is 35.4. The molecule has 9 atom stereocenters. The maximum Gasteiger partial charge on any atom is 0.312 e. The lowest BCUT2D eigenvalue weighted by Crippen LogP contribution is -2.55. The van der Waals surface area contributed by atoms with Crippen LogP contribution in [0.25, 0.3) is 0 Å². The minimum Gasteiger partial charge on any atom is -0.459 e. The fourth-order valence-corrected chi connectivity index (χ4v) is 16.4. The maximum absolute atomic E-state index is 12.5. The van der Waals surface area contributed by atoms with E-state index in [2.05, 4.69) is 96.9 Å². The normalized spacial score (nSPS) is 29.0. The van der Waals surface area contributed by atoms with E-state index in [1.54, 1.807) is 0 Å². The second-order valence-corrected chi connectivity index (χ2v) is 35.4. The fraction of sp³-hybridized carbons (Fsp3) is 0.943. The molecule has 9 unspecified atom stereocenters. The summed E-state index contributed by atoms with van der Waals surface area (Å²) < 4.78 is 30.0. The smallest absolute Gasteiger partial charge is 0.312 e. The minimum absolute atomic E-state index is 0. The lowest BCUT2D eigenvalue weighted by atomic mass is 9.61. The predicted octanol–water partition coefficient (Wildman–Crippen LogP) is 28.0. The summed E-state index contributed by atoms with van der Waals surface area (Å²) in [5.41, 5.74) is -2.24. The Morgan fingerprint density at radius 3 is 1.02 bits per heavy atom. The van der Waals surface area contributed by atoms with Gasteiger partial charge in [-0.2, -0.15) is 0 Å². The van der Waals surface area contributed by atoms with Gasteiger partial charge in [-0.3, -0.25) is 24.0 Å². The molecule has 98 heavy (non-hydrogen) atoms. The summed E-state index contributed by atoms with van der Waals surface area (Å²) in [6.07, 6.45) is 32.4. The number of rotatable bonds is 17. The first-order valence-electron chi connectivity index (χ1n) is 36.5. The van der Waals surface area contributed by atoms with E-state index in [0.29, 0.717) is 17.8 Å². The molecule has 0 saturated heterocycles. The molecule has 10 nitrogen and oxygen atoms in total. The first-order chi connectivity index (χ1) is 40.3. The second kappa shape index (κ2) is 40.6. The van der Waals surface area contributed by atoms with Crippen molar-refractivity contribution in [3.05, 3.63) is 0 Å². The summed E-state index contributed by atoms with van der Waals surface area (Å²) in [5.74, 6) is 2.76. The van der Waals surface area contributed by atoms with E-state index in [1.165, 1.54) is 103 Å². The van der Waals surface area contributed by atoms with Crippen LogP contribution in [0.1, 0.15) is 440 Å². The molecule has 8 aliphatic rings. The van der Waals surface area contributed by atoms with E-state index in [9.17, 15) is 24.0 Å². The standard InChI is InChI=1S/2C17H30O2.C15H26O2.C15H28O2.C14H26O2.10CH4/c1-8-14(2,3)13(18)19-17(7)11-12-9-10-16(17,6)15(12,4)5;1-8-14(2,3)13(18)19-17(7)15(4,5)12-9-10-16(17,6)11-12;1-5-14(3,4)13(16)17-15(6-2)10-11-7-8-12(15)9-11;1-5-14(3,4)13(16)17-15(6-2)11-9-7-8-10-12-15;1-5-13(2,3)12(15)16-14(4)10-8-6-7-9-11-14;;;;;;;;;;/h2*12H,8-11H2,1-7H3;11-12H,5-10H2,1-4H3;5-12H2,1-4H3;5-11H2,1-4H3;10*1H4. The molecule has 8 fully saturated rings. The topological polar surface area (TPSA) is 132 Å². The van der Waals surface area contributed by atoms with Crippen molar-refractivity contribution < 1.29 is 47.7 Å². The van der Waals surface area contributed by atoms with Crippen LogP contribution in [-0.2, 0) is 47.7 Å². The maximum atomic E-state index is 12.5. The number of esters is 5. The zero-order chi connectivity index (χ0) is 67.2. The number of ether oxygens (including phenoxy) is 5. The highest BCUT2D eigenvalue weighted by Crippen LogP contribution is 2.71. The van der Waals surface area contributed by atoms with Crippen molar-refractivity contribution in [2.75, 3.05) is 0 Å². The summed E-state index contributed by atoms with van der Waals surface area (Å²) in [4.78, 5) is 61.6. The van der Waals surface area contributed by atoms with Gasteiger partial charge in [0, 0.05) is 16.2 Å². The molecule has 0 aromatic rings. The minimum atomic E-state index is -0.378. The lowest BCUT2D eigenvalue weighted by Gasteiger charge is -2.51. The van der Waals surface area contributed by atoms with Crippen LogP contribution in [0.5, 0.6) is 0 Å². The molecule has 10 heteroatoms. The van der Waals surface area contributed by atoms with Gasteiger partial charge in [0.15, 0.2) is 0 Å². The molecule has 0 spiro atoms. The Morgan fingerprint density at radius 1 is 0.347 bits per heavy atom. The first-order valence-corrected chi connectivity index (χ1v) is 36.5. The van der Waals surface area contributed by atoms with Crippen molar-refractivity contribution in [3.63, 3.8) is 0 Å². The average molecular weight is 1400 g/mol. The van der Waals surface area contributed by atoms with E-state index < -0.39 is 0 Å². The molecule has 6 bridgehead atoms. The van der Waals surface area contributed by atoms with Gasteiger partial charge in [0.05, 0.1) is 27.1 Å². The third-order valence-corrected chi connectivity index (χ3v) is 27.5. The van der Waals surface area contributed by atoms with E-state index in [0.717, 1.165) is 89.4 Å². The van der Waals surface area contributed by atoms with Crippen molar-refractivity contribution >= 4 is 29.8 Å². The molecule has 0 aromatic heterocycles. The van der Waals surface area contributed by atoms with Gasteiger partial charge >= 0.3 is 29.8 Å². The molecule has 0 amide bonds. The average Bonchev–Trinajstić information content (AvgIpc) is 1.54. The molecule has 592 valence electrons. The largest absolute Gasteiger partial charge is 0.459 e. The van der Waals surface area contributed by atoms with Gasteiger partial charge in [-0.1, -0.05) is 190 Å². The number of carbonyl (C=O) groups is 5. The van der Waals surface area contributed by atoms with Gasteiger partial charge in [0.25, 0.3) is 0 Å². The van der Waals surface area contributed by atoms with Gasteiger partial charge in [0.2, 0.25) is 0 Å². The van der Waals surface area contributed by atoms with Crippen LogP contribution < -0.4 is 0 Å². The lowest BCUT2D eigenvalue weighted by molar-refractivity contribution is -0.202. The molecule has 0 aromatic carbocycles. The zero-order valence-electron chi connectivity index (χ0n) is 62.4. The molecule has 8 saturated carbocycles. The van der Waals surface area contributed by atoms with Crippen molar-refractivity contribution in [2.24, 2.45) is 72.4 Å². The van der Waals surface area contributed by atoms with Crippen LogP contribution in [0.15, 0.2) is 0 Å². The van der Waals surface area contributed by atoms with Crippen molar-refractivity contribution in [3.8, 4) is 0 Å². The van der Waals surface area contributed by atoms with E-state index in [4.69, 9.17) is 23.7 Å². The van der Waals surface area contributed by atoms with Gasteiger partial charge in [-0.05, 0) is 280 Å². The summed E-state index contributed by atoms with van der Waals surface area (Å²) >= 11 is 0. The van der Waals surface area contributed by atoms with Crippen molar-refractivity contribution in [1.82, 2.24) is 0 Å². The van der Waals surface area contributed by atoms with Gasteiger partial charge in [-0.15, -0.1) is 0 Å². The zero-order valence-corrected chi connectivity index (χ0v) is 62.4. The predicted molar refractivity (Wildman–Crippen MR) is 429 cm³/mol. The van der Waals surface area contributed by atoms with E-state index in [-0.39, 0.29) is 181 Å². The van der Waals surface area contributed by atoms with Crippen LogP contribution in [0, 0.1) is 72.4 Å². The fourth-order valence-electron chi connectivity index (χ4n) is 16.4. The molecule has 8 rings (SSSR count). The van der Waals surface area contributed by atoms with Crippen LogP contribution in [0.2, 0.25) is 0 Å². The summed E-state index contributed by atoms with van der Waals surface area (Å²) in [5, 5.41) is 0. The third kappa shape index (κ3) is 23.2. The number of fused-ring (bicyclic) bond motifs is 6. The van der Waals surface area contributed by atoms with E-state index in [1.807, 2.05) is 83.1 Å². The van der Waals surface area contributed by atoms with Crippen LogP contribution >= 0.6 is 0 Å². The Balaban J connectivity index is -0.000000206. The first kappa shape index (κ1) is 109. The molecule has 8 aliphatic carbocycles. The number of hydrogen-bond donors (Lipinski definition) is 0. The van der Waals surface area contributed by atoms with Crippen molar-refractivity contribution in [2.45, 2.75) is 468 Å². The van der Waals surface area contributed by atoms with E-state index >= 15 is 0 Å². The van der Waals surface area contributed by atoms with Crippen molar-refractivity contribution in [1.29, 1.82) is 0 Å². The highest BCUT2D eigenvalue weighted by Gasteiger charge is 2.70. The summed E-state index contributed by atoms with van der Waals surface area (Å²) in [6.45, 7) is 54.8. The Bertz CT molecular complexity index is 2310. The Morgan fingerprint density at radius 2 is 0.704 bits per heavy atom. The molecule has 0 radical (unpaired) electrons. The van der Waals surface area contributed by atoms with Crippen LogP contribution in [0.4, 0.5) is 0 Å². The number of carbonyl (C=O) groups excluding carboxylic acids is 5. The Hall–Kier alpha value is -2.65. The summed E-state index contributed by atoms with van der Waals surface area (Å²) in [6, 6.07) is 0. The highest BCUT2D eigenvalue weighted by molar-refractivity contribution is 5.78. The SMILES string of the molecule is C.C.C.C.C.C.C.C.C.C.CCC(C)(C)C(=O)OC1(C)C2(C)CCC(C2)C1(C)C.CCC(C)(C)C(=O)OC1(C)CC2CCC1(C)C2(C)C.CCC(C)(C)C(=O)OC1(C)CCCCCC1.CCC(C)(C)C(=O)OC1(CC)CC2CCC1C2.CCC1(OC(=O)C(C)(C)CC)CCCCCC1. The molecular weight excluding hydrogens is 1220 g/mol. The van der Waals surface area contributed by atoms with Gasteiger partial charge in [0.1, 0.15) is 28.0 Å². The molecular formula is C88H180O10. The van der Waals surface area contributed by atoms with Gasteiger partial charge in [-0.25, -0.2) is 0 Å². The Labute approximate surface area is 615 Å². The van der Waals surface area contributed by atoms with Gasteiger partial charge < -0.3 is 23.7 Å². The van der Waals surface area contributed by atoms with Crippen LogP contribution in [-0.4, -0.2) is 57.9 Å². The number of hydrogen-bond acceptors (Lipinski definition) is 10. The quantitative estimate of drug-likeness (QED) is 0.0788. The Kier molecular flexibility index (Phi) is 45.0.